The van der Waals surface area contributed by atoms with Gasteiger partial charge in [-0.3, -0.25) is 0 Å². The molecule has 0 radical (unpaired) electrons. The summed E-state index contributed by atoms with van der Waals surface area (Å²) in [6, 6.07) is 3.16. The van der Waals surface area contributed by atoms with E-state index in [0.717, 1.165) is 18.2 Å². The third-order valence-corrected chi connectivity index (χ3v) is 5.34. The molecule has 0 bridgehead atoms. The minimum atomic E-state index is -4.99. The van der Waals surface area contributed by atoms with Crippen LogP contribution < -0.4 is 64.4 Å². The molecule has 0 spiro atoms. The molecule has 1 heterocycles. The Balaban J connectivity index is 0.00000225. The van der Waals surface area contributed by atoms with Gasteiger partial charge in [-0.05, 0) is 52.9 Å². The number of aromatic hydroxyl groups is 1. The molecule has 0 saturated carbocycles. The Morgan fingerprint density at radius 2 is 1.30 bits per heavy atom. The van der Waals surface area contributed by atoms with E-state index in [0.29, 0.717) is 6.07 Å². The monoisotopic (exact) mass is 510 g/mol. The van der Waals surface area contributed by atoms with Crippen molar-refractivity contribution in [3.8, 4) is 5.75 Å². The van der Waals surface area contributed by atoms with Gasteiger partial charge < -0.3 is 19.5 Å². The Morgan fingerprint density at radius 3 is 1.77 bits per heavy atom. The second-order valence-corrected chi connectivity index (χ2v) is 8.68. The van der Waals surface area contributed by atoms with Crippen molar-refractivity contribution in [2.75, 3.05) is 5.32 Å². The Labute approximate surface area is 224 Å². The number of rotatable bonds is 4. The van der Waals surface area contributed by atoms with E-state index in [1.807, 2.05) is 0 Å². The molecule has 1 aromatic heterocycles. The van der Waals surface area contributed by atoms with E-state index in [4.69, 9.17) is 23.2 Å². The van der Waals surface area contributed by atoms with Crippen LogP contribution >= 0.6 is 23.2 Å². The molecule has 3 aromatic rings. The molecule has 0 fully saturated rings. The first kappa shape index (κ1) is 27.7. The van der Waals surface area contributed by atoms with Crippen molar-refractivity contribution < 1.29 is 90.2 Å². The normalized spacial score (nSPS) is 11.5. The number of phenols is 1. The Bertz CT molecular complexity index is 1320. The predicted octanol–water partition coefficient (Wildman–Crippen LogP) is -4.40. The Morgan fingerprint density at radius 1 is 0.833 bits per heavy atom. The molecule has 0 unspecified atom stereocenters. The molecule has 0 aliphatic carbocycles. The Hall–Kier alpha value is -0.290. The zero-order valence-corrected chi connectivity index (χ0v) is 22.3. The van der Waals surface area contributed by atoms with Gasteiger partial charge in [0.25, 0.3) is 0 Å². The van der Waals surface area contributed by atoms with E-state index >= 15 is 0 Å². The maximum absolute atomic E-state index is 11.4. The topological polar surface area (TPSA) is 185 Å². The average molecular weight is 511 g/mol. The van der Waals surface area contributed by atoms with Crippen LogP contribution in [-0.2, 0) is 20.2 Å². The molecule has 0 atom stereocenters. The standard InChI is InChI=1S/C13H8Cl2N4O7S2.2Na/c14-11-17-12(15)19-13(18-11)16-8-3-6(27(21,22)23)1-5-2-7(28(24,25)26)4-9(20)10(5)8;;/h1-4,20H,(H,21,22,23)(H,24,25,26)(H,16,17,18,19);;/q;2*+1/p-2. The maximum atomic E-state index is 11.4. The van der Waals surface area contributed by atoms with Gasteiger partial charge in [-0.2, -0.15) is 15.0 Å². The molecule has 0 saturated heterocycles. The van der Waals surface area contributed by atoms with Gasteiger partial charge in [0.15, 0.2) is 0 Å². The molecule has 3 rings (SSSR count). The molecule has 0 aliphatic rings. The number of benzene rings is 2. The van der Waals surface area contributed by atoms with E-state index in [1.54, 1.807) is 0 Å². The van der Waals surface area contributed by atoms with Crippen molar-refractivity contribution in [3.05, 3.63) is 34.8 Å². The zero-order valence-electron chi connectivity index (χ0n) is 15.1. The number of halogens is 2. The van der Waals surface area contributed by atoms with Crippen LogP contribution in [0.5, 0.6) is 5.75 Å². The Kier molecular flexibility index (Phi) is 9.34. The number of phenolic OH excluding ortho intramolecular Hbond substituents is 1. The molecule has 0 aliphatic heterocycles. The van der Waals surface area contributed by atoms with Crippen LogP contribution in [0.3, 0.4) is 0 Å². The first-order chi connectivity index (χ1) is 12.8. The second kappa shape index (κ2) is 10.1. The summed E-state index contributed by atoms with van der Waals surface area (Å²) in [4.78, 5) is 9.34. The quantitative estimate of drug-likeness (QED) is 0.255. The van der Waals surface area contributed by atoms with Crippen molar-refractivity contribution in [1.82, 2.24) is 15.0 Å². The fourth-order valence-electron chi connectivity index (χ4n) is 2.33. The van der Waals surface area contributed by atoms with Crippen LogP contribution in [0.4, 0.5) is 11.6 Å². The summed E-state index contributed by atoms with van der Waals surface area (Å²) in [7, 11) is -9.96. The van der Waals surface area contributed by atoms with Gasteiger partial charge in [0.2, 0.25) is 16.5 Å². The fourth-order valence-corrected chi connectivity index (χ4v) is 3.75. The van der Waals surface area contributed by atoms with Gasteiger partial charge in [-0.25, -0.2) is 16.8 Å². The molecular weight excluding hydrogens is 505 g/mol. The number of hydrogen-bond acceptors (Lipinski definition) is 11. The van der Waals surface area contributed by atoms with E-state index in [2.05, 4.69) is 20.3 Å². The largest absolute Gasteiger partial charge is 1.00 e. The van der Waals surface area contributed by atoms with Gasteiger partial charge >= 0.3 is 59.1 Å². The molecule has 30 heavy (non-hydrogen) atoms. The minimum absolute atomic E-state index is 0. The van der Waals surface area contributed by atoms with Gasteiger partial charge in [0.05, 0.1) is 15.5 Å². The van der Waals surface area contributed by atoms with Gasteiger partial charge in [-0.1, -0.05) is 0 Å². The van der Waals surface area contributed by atoms with Gasteiger partial charge in [0, 0.05) is 5.39 Å². The van der Waals surface area contributed by atoms with Crippen LogP contribution in [0, 0.1) is 0 Å². The SMILES string of the molecule is O=S(=O)([O-])c1cc(O)c2c(Nc3nc(Cl)nc(Cl)n3)cc(S(=O)(=O)[O-])cc2c1.[Na+].[Na+]. The van der Waals surface area contributed by atoms with E-state index < -0.39 is 35.8 Å². The van der Waals surface area contributed by atoms with Gasteiger partial charge in [-0.15, -0.1) is 0 Å². The summed E-state index contributed by atoms with van der Waals surface area (Å²) in [5.74, 6) is -0.942. The van der Waals surface area contributed by atoms with Crippen LogP contribution in [-0.4, -0.2) is 46.0 Å². The molecule has 0 amide bonds. The molecule has 2 aromatic carbocycles. The fraction of sp³-hybridized carbons (Fsp3) is 0. The number of aromatic nitrogens is 3. The van der Waals surface area contributed by atoms with Crippen molar-refractivity contribution in [2.45, 2.75) is 9.79 Å². The van der Waals surface area contributed by atoms with E-state index in [1.165, 1.54) is 0 Å². The van der Waals surface area contributed by atoms with Crippen molar-refractivity contribution >= 4 is 65.8 Å². The molecule has 2 N–H and O–H groups in total. The average Bonchev–Trinajstić information content (AvgIpc) is 2.51. The first-order valence-electron chi connectivity index (χ1n) is 6.91. The maximum Gasteiger partial charge on any atom is 1.00 e. The van der Waals surface area contributed by atoms with Crippen molar-refractivity contribution in [3.63, 3.8) is 0 Å². The summed E-state index contributed by atoms with van der Waals surface area (Å²) in [6.45, 7) is 0. The third-order valence-electron chi connectivity index (χ3n) is 3.38. The van der Waals surface area contributed by atoms with Crippen LogP contribution in [0.2, 0.25) is 10.6 Å². The van der Waals surface area contributed by atoms with Crippen molar-refractivity contribution in [1.29, 1.82) is 0 Å². The molecular formula is C13H6Cl2N4Na2O7S2. The summed E-state index contributed by atoms with van der Waals surface area (Å²) in [5.41, 5.74) is -0.197. The number of anilines is 2. The smallest absolute Gasteiger partial charge is 0.744 e. The number of fused-ring (bicyclic) bond motifs is 1. The summed E-state index contributed by atoms with van der Waals surface area (Å²) >= 11 is 11.3. The van der Waals surface area contributed by atoms with Gasteiger partial charge in [0.1, 0.15) is 26.0 Å². The third kappa shape index (κ3) is 6.37. The first-order valence-corrected chi connectivity index (χ1v) is 10.5. The minimum Gasteiger partial charge on any atom is -0.744 e. The number of nitrogens with zero attached hydrogens (tertiary/aromatic N) is 3. The summed E-state index contributed by atoms with van der Waals surface area (Å²) < 4.78 is 68.1. The van der Waals surface area contributed by atoms with Crippen molar-refractivity contribution in [2.24, 2.45) is 0 Å². The number of hydrogen-bond donors (Lipinski definition) is 2. The molecule has 11 nitrogen and oxygen atoms in total. The predicted molar refractivity (Wildman–Crippen MR) is 94.7 cm³/mol. The second-order valence-electron chi connectivity index (χ2n) is 5.24. The van der Waals surface area contributed by atoms with Crippen LogP contribution in [0.1, 0.15) is 0 Å². The number of nitrogens with one attached hydrogen (secondary N) is 1. The van der Waals surface area contributed by atoms with E-state index in [9.17, 15) is 31.0 Å². The van der Waals surface area contributed by atoms with Crippen LogP contribution in [0.25, 0.3) is 10.8 Å². The summed E-state index contributed by atoms with van der Waals surface area (Å²) in [5, 5.41) is 11.8. The van der Waals surface area contributed by atoms with Crippen LogP contribution in [0.15, 0.2) is 34.1 Å². The summed E-state index contributed by atoms with van der Waals surface area (Å²) in [6.07, 6.45) is 0. The van der Waals surface area contributed by atoms with E-state index in [-0.39, 0.29) is 92.1 Å². The molecule has 148 valence electrons. The molecule has 17 heteroatoms. The zero-order chi connectivity index (χ0) is 20.9.